The monoisotopic (exact) mass is 181 g/mol. The van der Waals surface area contributed by atoms with E-state index in [2.05, 4.69) is 25.7 Å². The van der Waals surface area contributed by atoms with Gasteiger partial charge in [0.05, 0.1) is 0 Å². The molecule has 0 aromatic carbocycles. The summed E-state index contributed by atoms with van der Waals surface area (Å²) in [4.78, 5) is 2.75. The number of nitrogens with zero attached hydrogens (tertiary/aromatic N) is 1. The van der Waals surface area contributed by atoms with E-state index in [-0.39, 0.29) is 0 Å². The molecular formula is C12H23N. The molecule has 76 valence electrons. The van der Waals surface area contributed by atoms with Gasteiger partial charge in [0.15, 0.2) is 0 Å². The van der Waals surface area contributed by atoms with Crippen LogP contribution >= 0.6 is 0 Å². The number of hydrogen-bond donors (Lipinski definition) is 0. The van der Waals surface area contributed by atoms with Crippen LogP contribution < -0.4 is 0 Å². The Morgan fingerprint density at radius 1 is 0.923 bits per heavy atom. The lowest BCUT2D eigenvalue weighted by Crippen LogP contribution is -2.66. The predicted octanol–water partition coefficient (Wildman–Crippen LogP) is 3.19. The minimum Gasteiger partial charge on any atom is -0.293 e. The predicted molar refractivity (Wildman–Crippen MR) is 56.9 cm³/mol. The highest BCUT2D eigenvalue weighted by Gasteiger charge is 2.48. The summed E-state index contributed by atoms with van der Waals surface area (Å²) in [5.74, 6) is 0. The molecule has 2 rings (SSSR count). The van der Waals surface area contributed by atoms with Gasteiger partial charge in [-0.2, -0.15) is 0 Å². The average molecular weight is 181 g/mol. The topological polar surface area (TPSA) is 3.24 Å². The summed E-state index contributed by atoms with van der Waals surface area (Å²) >= 11 is 0. The first-order chi connectivity index (χ1) is 6.05. The first-order valence-corrected chi connectivity index (χ1v) is 5.82. The van der Waals surface area contributed by atoms with Crippen molar-refractivity contribution in [2.45, 2.75) is 70.4 Å². The molecule has 13 heavy (non-hydrogen) atoms. The van der Waals surface area contributed by atoms with Gasteiger partial charge in [-0.15, -0.1) is 0 Å². The molecule has 0 aromatic rings. The maximum atomic E-state index is 2.75. The molecule has 0 bridgehead atoms. The molecule has 1 saturated carbocycles. The van der Waals surface area contributed by atoms with Crippen LogP contribution in [-0.2, 0) is 0 Å². The Morgan fingerprint density at radius 2 is 1.54 bits per heavy atom. The van der Waals surface area contributed by atoms with Crippen LogP contribution in [0.25, 0.3) is 0 Å². The van der Waals surface area contributed by atoms with Crippen molar-refractivity contribution in [3.05, 3.63) is 0 Å². The first-order valence-electron chi connectivity index (χ1n) is 5.82. The largest absolute Gasteiger partial charge is 0.293 e. The van der Waals surface area contributed by atoms with Gasteiger partial charge >= 0.3 is 0 Å². The maximum Gasteiger partial charge on any atom is 0.0227 e. The van der Waals surface area contributed by atoms with Crippen LogP contribution in [0.15, 0.2) is 0 Å². The lowest BCUT2D eigenvalue weighted by Gasteiger charge is -2.60. The van der Waals surface area contributed by atoms with E-state index in [0.717, 1.165) is 0 Å². The number of hydrogen-bond acceptors (Lipinski definition) is 1. The second kappa shape index (κ2) is 2.98. The van der Waals surface area contributed by atoms with Crippen LogP contribution in [0, 0.1) is 0 Å². The van der Waals surface area contributed by atoms with Gasteiger partial charge in [0.1, 0.15) is 0 Å². The Bertz CT molecular complexity index is 184. The number of likely N-dealkylation sites (tertiary alicyclic amines) is 1. The van der Waals surface area contributed by atoms with Crippen molar-refractivity contribution < 1.29 is 0 Å². The van der Waals surface area contributed by atoms with Crippen LogP contribution in [0.3, 0.4) is 0 Å². The van der Waals surface area contributed by atoms with E-state index in [1.165, 1.54) is 45.1 Å². The van der Waals surface area contributed by atoms with Crippen LogP contribution in [0.4, 0.5) is 0 Å². The molecule has 0 radical (unpaired) electrons. The third-order valence-corrected chi connectivity index (χ3v) is 3.97. The molecule has 1 saturated heterocycles. The van der Waals surface area contributed by atoms with Crippen LogP contribution in [0.2, 0.25) is 0 Å². The molecule has 0 aromatic heterocycles. The van der Waals surface area contributed by atoms with Crippen molar-refractivity contribution in [1.29, 1.82) is 0 Å². The van der Waals surface area contributed by atoms with Crippen molar-refractivity contribution in [2.24, 2.45) is 0 Å². The first kappa shape index (κ1) is 9.51. The van der Waals surface area contributed by atoms with Crippen LogP contribution in [0.1, 0.15) is 59.3 Å². The van der Waals surface area contributed by atoms with E-state index < -0.39 is 0 Å². The molecule has 1 aliphatic heterocycles. The van der Waals surface area contributed by atoms with Gasteiger partial charge in [0.2, 0.25) is 0 Å². The second-order valence-corrected chi connectivity index (χ2v) is 5.86. The van der Waals surface area contributed by atoms with E-state index in [1.54, 1.807) is 0 Å². The van der Waals surface area contributed by atoms with Crippen molar-refractivity contribution in [3.8, 4) is 0 Å². The minimum absolute atomic E-state index is 0.398. The summed E-state index contributed by atoms with van der Waals surface area (Å²) in [6, 6.07) is 0. The van der Waals surface area contributed by atoms with Crippen molar-refractivity contribution in [1.82, 2.24) is 4.90 Å². The van der Waals surface area contributed by atoms with E-state index in [4.69, 9.17) is 0 Å². The van der Waals surface area contributed by atoms with Crippen LogP contribution in [-0.4, -0.2) is 22.5 Å². The molecule has 1 heterocycles. The van der Waals surface area contributed by atoms with Crippen molar-refractivity contribution >= 4 is 0 Å². The Hall–Kier alpha value is -0.0400. The Morgan fingerprint density at radius 3 is 1.92 bits per heavy atom. The summed E-state index contributed by atoms with van der Waals surface area (Å²) in [5, 5.41) is 0. The van der Waals surface area contributed by atoms with E-state index >= 15 is 0 Å². The van der Waals surface area contributed by atoms with Gasteiger partial charge in [-0.25, -0.2) is 0 Å². The molecule has 0 atom stereocenters. The molecule has 2 aliphatic rings. The maximum absolute atomic E-state index is 2.75. The Labute approximate surface area is 82.5 Å². The molecule has 0 N–H and O–H groups in total. The molecule has 1 heteroatoms. The summed E-state index contributed by atoms with van der Waals surface area (Å²) in [6.07, 6.45) is 8.79. The second-order valence-electron chi connectivity index (χ2n) is 5.86. The molecule has 1 aliphatic carbocycles. The molecule has 1 nitrogen and oxygen atoms in total. The van der Waals surface area contributed by atoms with Crippen molar-refractivity contribution in [2.75, 3.05) is 6.54 Å². The van der Waals surface area contributed by atoms with Gasteiger partial charge in [-0.05, 0) is 40.0 Å². The summed E-state index contributed by atoms with van der Waals surface area (Å²) < 4.78 is 0. The molecule has 0 unspecified atom stereocenters. The fourth-order valence-electron chi connectivity index (χ4n) is 3.32. The summed E-state index contributed by atoms with van der Waals surface area (Å²) in [7, 11) is 0. The standard InChI is InChI=1S/C12H23N/c1-11(2,3)13-10-9-12(13)7-5-4-6-8-12/h4-10H2,1-3H3. The van der Waals surface area contributed by atoms with Gasteiger partial charge in [-0.1, -0.05) is 19.3 Å². The lowest BCUT2D eigenvalue weighted by molar-refractivity contribution is -0.100. The molecular weight excluding hydrogens is 158 g/mol. The molecule has 0 amide bonds. The normalized spacial score (nSPS) is 28.8. The highest BCUT2D eigenvalue weighted by Crippen LogP contribution is 2.46. The average Bonchev–Trinajstić information content (AvgIpc) is 2.01. The van der Waals surface area contributed by atoms with E-state index in [0.29, 0.717) is 11.1 Å². The third-order valence-electron chi connectivity index (χ3n) is 3.97. The summed E-state index contributed by atoms with van der Waals surface area (Å²) in [5.41, 5.74) is 1.03. The zero-order chi connectivity index (χ0) is 9.53. The third kappa shape index (κ3) is 1.52. The lowest BCUT2D eigenvalue weighted by atomic mass is 9.70. The summed E-state index contributed by atoms with van der Waals surface area (Å²) in [6.45, 7) is 8.43. The zero-order valence-corrected chi connectivity index (χ0v) is 9.40. The van der Waals surface area contributed by atoms with Crippen LogP contribution in [0.5, 0.6) is 0 Å². The minimum atomic E-state index is 0.398. The highest BCUT2D eigenvalue weighted by atomic mass is 15.3. The fraction of sp³-hybridized carbons (Fsp3) is 1.00. The van der Waals surface area contributed by atoms with Gasteiger partial charge in [0, 0.05) is 17.6 Å². The van der Waals surface area contributed by atoms with E-state index in [9.17, 15) is 0 Å². The quantitative estimate of drug-likeness (QED) is 0.555. The molecule has 1 spiro atoms. The fourth-order valence-corrected chi connectivity index (χ4v) is 3.32. The van der Waals surface area contributed by atoms with Gasteiger partial charge in [-0.3, -0.25) is 4.90 Å². The Kier molecular flexibility index (Phi) is 2.18. The smallest absolute Gasteiger partial charge is 0.0227 e. The van der Waals surface area contributed by atoms with Gasteiger partial charge in [0.25, 0.3) is 0 Å². The molecule has 2 fully saturated rings. The van der Waals surface area contributed by atoms with Gasteiger partial charge < -0.3 is 0 Å². The SMILES string of the molecule is CC(C)(C)N1CCC12CCCCC2. The number of rotatable bonds is 0. The zero-order valence-electron chi connectivity index (χ0n) is 9.40. The Balaban J connectivity index is 2.07. The highest BCUT2D eigenvalue weighted by molar-refractivity contribution is 5.05. The van der Waals surface area contributed by atoms with Crippen molar-refractivity contribution in [3.63, 3.8) is 0 Å². The van der Waals surface area contributed by atoms with E-state index in [1.807, 2.05) is 0 Å².